The molecule has 0 amide bonds. The summed E-state index contributed by atoms with van der Waals surface area (Å²) < 4.78 is 18.1. The molecule has 0 unspecified atom stereocenters. The summed E-state index contributed by atoms with van der Waals surface area (Å²) in [4.78, 5) is 48.8. The van der Waals surface area contributed by atoms with Gasteiger partial charge >= 0.3 is 5.97 Å². The highest BCUT2D eigenvalue weighted by molar-refractivity contribution is 7.99. The molecule has 0 aliphatic carbocycles. The summed E-state index contributed by atoms with van der Waals surface area (Å²) in [5.74, 6) is 0.646. The number of aromatic nitrogens is 4. The topological polar surface area (TPSA) is 164 Å². The molecule has 0 saturated carbocycles. The van der Waals surface area contributed by atoms with Gasteiger partial charge in [-0.3, -0.25) is 24.6 Å². The SMILES string of the molecule is CCOC(=O)C1=C(C)N=c2s/c(=C/c3ccc(Sc4n[nH]c(-c5ccc(Cl)cc5Cl)n4)c([N+](=O)[O-])c3)c(=O)n2[C@@H]1c1cc(OC)ccc1OC. The average Bonchev–Trinajstić information content (AvgIpc) is 3.67. The van der Waals surface area contributed by atoms with Crippen molar-refractivity contribution >= 4 is 64.0 Å². The number of hydrogen-bond donors (Lipinski definition) is 1. The van der Waals surface area contributed by atoms with E-state index in [0.717, 1.165) is 23.1 Å². The van der Waals surface area contributed by atoms with E-state index in [4.69, 9.17) is 37.4 Å². The summed E-state index contributed by atoms with van der Waals surface area (Å²) in [6.45, 7) is 3.47. The smallest absolute Gasteiger partial charge is 0.338 e. The molecule has 17 heteroatoms. The van der Waals surface area contributed by atoms with Crippen LogP contribution >= 0.6 is 46.3 Å². The number of benzene rings is 3. The Bertz CT molecular complexity index is 2390. The number of fused-ring (bicyclic) bond motifs is 1. The van der Waals surface area contributed by atoms with Gasteiger partial charge in [0.05, 0.1) is 51.5 Å². The Morgan fingerprint density at radius 3 is 2.64 bits per heavy atom. The molecule has 0 fully saturated rings. The van der Waals surface area contributed by atoms with Crippen molar-refractivity contribution in [2.75, 3.05) is 20.8 Å². The minimum Gasteiger partial charge on any atom is -0.497 e. The maximum absolute atomic E-state index is 14.1. The van der Waals surface area contributed by atoms with Crippen LogP contribution in [0.5, 0.6) is 11.5 Å². The molecule has 0 bridgehead atoms. The Hall–Kier alpha value is -4.96. The van der Waals surface area contributed by atoms with Gasteiger partial charge in [0.25, 0.3) is 11.2 Å². The number of rotatable bonds is 10. The third-order valence-electron chi connectivity index (χ3n) is 7.58. The van der Waals surface area contributed by atoms with Crippen molar-refractivity contribution in [1.82, 2.24) is 19.7 Å². The summed E-state index contributed by atoms with van der Waals surface area (Å²) in [5, 5.41) is 20.2. The van der Waals surface area contributed by atoms with E-state index < -0.39 is 22.5 Å². The molecule has 50 heavy (non-hydrogen) atoms. The number of methoxy groups -OCH3 is 2. The lowest BCUT2D eigenvalue weighted by molar-refractivity contribution is -0.387. The zero-order chi connectivity index (χ0) is 35.7. The van der Waals surface area contributed by atoms with Crippen molar-refractivity contribution < 1.29 is 23.9 Å². The summed E-state index contributed by atoms with van der Waals surface area (Å²) in [6.07, 6.45) is 1.54. The molecular weight excluding hydrogens is 727 g/mol. The number of aromatic amines is 1. The average molecular weight is 754 g/mol. The Morgan fingerprint density at radius 1 is 1.14 bits per heavy atom. The number of halogens is 2. The monoisotopic (exact) mass is 752 g/mol. The summed E-state index contributed by atoms with van der Waals surface area (Å²) in [5.41, 5.74) is 1.31. The van der Waals surface area contributed by atoms with Crippen LogP contribution in [-0.2, 0) is 9.53 Å². The molecule has 1 aliphatic heterocycles. The zero-order valence-electron chi connectivity index (χ0n) is 26.7. The van der Waals surface area contributed by atoms with Gasteiger partial charge in [-0.2, -0.15) is 0 Å². The largest absolute Gasteiger partial charge is 0.497 e. The van der Waals surface area contributed by atoms with Gasteiger partial charge in [0.1, 0.15) is 17.5 Å². The molecule has 256 valence electrons. The van der Waals surface area contributed by atoms with Gasteiger partial charge in [-0.1, -0.05) is 40.6 Å². The molecule has 3 aromatic carbocycles. The number of esters is 1. The fraction of sp³-hybridized carbons (Fsp3) is 0.182. The molecule has 1 N–H and O–H groups in total. The first-order chi connectivity index (χ1) is 24.0. The minimum absolute atomic E-state index is 0.114. The van der Waals surface area contributed by atoms with E-state index in [2.05, 4.69) is 20.2 Å². The van der Waals surface area contributed by atoms with E-state index in [9.17, 15) is 19.7 Å². The molecule has 2 aromatic heterocycles. The quantitative estimate of drug-likeness (QED) is 0.102. The number of nitrogens with one attached hydrogen (secondary N) is 1. The lowest BCUT2D eigenvalue weighted by atomic mass is 9.94. The van der Waals surface area contributed by atoms with E-state index in [-0.39, 0.29) is 32.5 Å². The summed E-state index contributed by atoms with van der Waals surface area (Å²) >= 11 is 14.4. The molecule has 0 radical (unpaired) electrons. The highest BCUT2D eigenvalue weighted by atomic mass is 35.5. The van der Waals surface area contributed by atoms with Gasteiger partial charge in [0.2, 0.25) is 5.16 Å². The van der Waals surface area contributed by atoms with Crippen LogP contribution in [0, 0.1) is 10.1 Å². The third-order valence-corrected chi connectivity index (χ3v) is 10.0. The Balaban J connectivity index is 1.41. The molecule has 5 aromatic rings. The Morgan fingerprint density at radius 2 is 1.94 bits per heavy atom. The first kappa shape index (κ1) is 34.9. The van der Waals surface area contributed by atoms with Crippen molar-refractivity contribution in [2.45, 2.75) is 29.9 Å². The number of hydrogen-bond acceptors (Lipinski definition) is 12. The first-order valence-electron chi connectivity index (χ1n) is 14.8. The molecule has 3 heterocycles. The fourth-order valence-electron chi connectivity index (χ4n) is 5.34. The number of nitro groups is 1. The second-order valence-electron chi connectivity index (χ2n) is 10.6. The van der Waals surface area contributed by atoms with Gasteiger partial charge in [0, 0.05) is 22.2 Å². The van der Waals surface area contributed by atoms with E-state index in [1.165, 1.54) is 24.9 Å². The number of carbonyl (C=O) groups excluding carboxylic acids is 1. The molecule has 13 nitrogen and oxygen atoms in total. The minimum atomic E-state index is -0.959. The number of nitrogens with zero attached hydrogens (tertiary/aromatic N) is 5. The lowest BCUT2D eigenvalue weighted by Crippen LogP contribution is -2.40. The van der Waals surface area contributed by atoms with Crippen LogP contribution in [-0.4, -0.2) is 51.5 Å². The van der Waals surface area contributed by atoms with Crippen LogP contribution in [0.1, 0.15) is 31.0 Å². The highest BCUT2D eigenvalue weighted by Gasteiger charge is 2.35. The number of H-pyrrole nitrogens is 1. The number of nitro benzene ring substituents is 1. The molecule has 0 saturated heterocycles. The van der Waals surface area contributed by atoms with Crippen molar-refractivity contribution in [1.29, 1.82) is 0 Å². The molecular formula is C33H26Cl2N6O7S2. The predicted molar refractivity (Wildman–Crippen MR) is 189 cm³/mol. The molecule has 6 rings (SSSR count). The Labute approximate surface area is 302 Å². The maximum atomic E-state index is 14.1. The standard InChI is InChI=1S/C33H26Cl2N6O7S2/c1-5-48-31(43)27-16(2)36-33-40(28(27)21-15-19(46-3)8-10-24(21)47-4)30(42)26(50-33)13-17-6-11-25(23(12-17)41(44)45)49-32-37-29(38-39-32)20-9-7-18(34)14-22(20)35/h6-15,28H,5H2,1-4H3,(H,37,38,39)/b26-13+/t28-/m1/s1. The van der Waals surface area contributed by atoms with Gasteiger partial charge in [0.15, 0.2) is 10.6 Å². The molecule has 0 spiro atoms. The number of allylic oxidation sites excluding steroid dienone is 1. The van der Waals surface area contributed by atoms with Crippen LogP contribution in [0.15, 0.2) is 85.7 Å². The van der Waals surface area contributed by atoms with Crippen LogP contribution in [0.2, 0.25) is 10.0 Å². The van der Waals surface area contributed by atoms with Gasteiger partial charge in [-0.05, 0) is 79.7 Å². The highest BCUT2D eigenvalue weighted by Crippen LogP contribution is 2.38. The fourth-order valence-corrected chi connectivity index (χ4v) is 7.68. The lowest BCUT2D eigenvalue weighted by Gasteiger charge is -2.26. The number of carbonyl (C=O) groups is 1. The van der Waals surface area contributed by atoms with Crippen molar-refractivity contribution in [3.05, 3.63) is 117 Å². The van der Waals surface area contributed by atoms with Crippen LogP contribution < -0.4 is 24.4 Å². The van der Waals surface area contributed by atoms with E-state index in [1.54, 1.807) is 68.5 Å². The van der Waals surface area contributed by atoms with E-state index >= 15 is 0 Å². The molecule has 1 atom stereocenters. The normalized spacial score (nSPS) is 14.3. The van der Waals surface area contributed by atoms with Crippen molar-refractivity contribution in [2.24, 2.45) is 4.99 Å². The zero-order valence-corrected chi connectivity index (χ0v) is 29.9. The van der Waals surface area contributed by atoms with Gasteiger partial charge in [-0.15, -0.1) is 5.10 Å². The van der Waals surface area contributed by atoms with E-state index in [1.807, 2.05) is 0 Å². The van der Waals surface area contributed by atoms with Crippen LogP contribution in [0.3, 0.4) is 0 Å². The van der Waals surface area contributed by atoms with Crippen LogP contribution in [0.4, 0.5) is 5.69 Å². The summed E-state index contributed by atoms with van der Waals surface area (Å²) in [7, 11) is 2.99. The van der Waals surface area contributed by atoms with Gasteiger partial charge < -0.3 is 14.2 Å². The maximum Gasteiger partial charge on any atom is 0.338 e. The first-order valence-corrected chi connectivity index (χ1v) is 17.2. The van der Waals surface area contributed by atoms with Crippen molar-refractivity contribution in [3.63, 3.8) is 0 Å². The second kappa shape index (κ2) is 14.5. The number of ether oxygens (including phenoxy) is 3. The molecule has 1 aliphatic rings. The van der Waals surface area contributed by atoms with Gasteiger partial charge in [-0.25, -0.2) is 14.8 Å². The van der Waals surface area contributed by atoms with Crippen LogP contribution in [0.25, 0.3) is 17.5 Å². The predicted octanol–water partition coefficient (Wildman–Crippen LogP) is 5.97. The van der Waals surface area contributed by atoms with E-state index in [0.29, 0.717) is 54.6 Å². The Kier molecular flexibility index (Phi) is 10.1. The summed E-state index contributed by atoms with van der Waals surface area (Å²) in [6, 6.07) is 13.6. The van der Waals surface area contributed by atoms with Crippen molar-refractivity contribution in [3.8, 4) is 22.9 Å². The number of thiazole rings is 1. The third kappa shape index (κ3) is 6.76. The second-order valence-corrected chi connectivity index (χ2v) is 13.4.